The summed E-state index contributed by atoms with van der Waals surface area (Å²) in [5, 5.41) is 13.9. The molecule has 2 N–H and O–H groups in total. The molecule has 1 atom stereocenters. The van der Waals surface area contributed by atoms with Gasteiger partial charge in [0.2, 0.25) is 5.95 Å². The van der Waals surface area contributed by atoms with E-state index in [4.69, 9.17) is 27.9 Å². The van der Waals surface area contributed by atoms with Crippen LogP contribution in [0.2, 0.25) is 10.0 Å². The molecular weight excluding hydrogens is 451 g/mol. The fraction of sp³-hybridized carbons (Fsp3) is 0.348. The van der Waals surface area contributed by atoms with Crippen LogP contribution in [-0.2, 0) is 4.74 Å². The first-order valence-electron chi connectivity index (χ1n) is 10.5. The maximum absolute atomic E-state index is 13.0. The first kappa shape index (κ1) is 22.7. The van der Waals surface area contributed by atoms with Gasteiger partial charge < -0.3 is 19.7 Å². The third-order valence-electron chi connectivity index (χ3n) is 5.46. The SMILES string of the molecule is O=c1cc(-c2ccnc(NC3CCOCC3)n2)ccn1[C@H](CCO)c1cc(Cl)cc(Cl)c1. The van der Waals surface area contributed by atoms with Crippen molar-refractivity contribution in [1.82, 2.24) is 14.5 Å². The number of halogens is 2. The lowest BCUT2D eigenvalue weighted by atomic mass is 10.0. The molecule has 0 aliphatic carbocycles. The van der Waals surface area contributed by atoms with E-state index in [1.165, 1.54) is 6.07 Å². The van der Waals surface area contributed by atoms with E-state index in [0.29, 0.717) is 33.7 Å². The Morgan fingerprint density at radius 2 is 1.91 bits per heavy atom. The third kappa shape index (κ3) is 5.48. The van der Waals surface area contributed by atoms with Crippen molar-refractivity contribution in [2.24, 2.45) is 0 Å². The molecule has 0 radical (unpaired) electrons. The zero-order valence-corrected chi connectivity index (χ0v) is 18.9. The Hall–Kier alpha value is -2.45. The molecule has 32 heavy (non-hydrogen) atoms. The third-order valence-corrected chi connectivity index (χ3v) is 5.90. The van der Waals surface area contributed by atoms with Crippen molar-refractivity contribution in [3.05, 3.63) is 74.8 Å². The number of nitrogens with one attached hydrogen (secondary N) is 1. The number of pyridine rings is 1. The molecular formula is C23H24Cl2N4O3. The highest BCUT2D eigenvalue weighted by molar-refractivity contribution is 6.34. The highest BCUT2D eigenvalue weighted by Crippen LogP contribution is 2.28. The van der Waals surface area contributed by atoms with E-state index in [0.717, 1.165) is 31.6 Å². The summed E-state index contributed by atoms with van der Waals surface area (Å²) in [5.74, 6) is 0.533. The molecule has 1 fully saturated rings. The molecule has 1 aromatic carbocycles. The van der Waals surface area contributed by atoms with Gasteiger partial charge in [0.1, 0.15) is 0 Å². The van der Waals surface area contributed by atoms with Crippen LogP contribution in [0, 0.1) is 0 Å². The van der Waals surface area contributed by atoms with Crippen LogP contribution in [0.1, 0.15) is 30.9 Å². The van der Waals surface area contributed by atoms with E-state index in [9.17, 15) is 9.90 Å². The topological polar surface area (TPSA) is 89.3 Å². The quantitative estimate of drug-likeness (QED) is 0.533. The van der Waals surface area contributed by atoms with Crippen molar-refractivity contribution in [2.45, 2.75) is 31.3 Å². The number of hydrogen-bond donors (Lipinski definition) is 2. The van der Waals surface area contributed by atoms with Crippen LogP contribution in [0.15, 0.2) is 53.6 Å². The van der Waals surface area contributed by atoms with Gasteiger partial charge in [-0.15, -0.1) is 0 Å². The van der Waals surface area contributed by atoms with Gasteiger partial charge in [0.25, 0.3) is 5.56 Å². The van der Waals surface area contributed by atoms with Crippen LogP contribution in [0.4, 0.5) is 5.95 Å². The zero-order chi connectivity index (χ0) is 22.5. The molecule has 3 aromatic rings. The molecule has 9 heteroatoms. The summed E-state index contributed by atoms with van der Waals surface area (Å²) in [6.45, 7) is 1.36. The van der Waals surface area contributed by atoms with Gasteiger partial charge in [-0.05, 0) is 55.2 Å². The second-order valence-corrected chi connectivity index (χ2v) is 8.56. The first-order chi connectivity index (χ1) is 15.5. The van der Waals surface area contributed by atoms with Crippen LogP contribution in [0.3, 0.4) is 0 Å². The molecule has 0 bridgehead atoms. The molecule has 1 aliphatic rings. The van der Waals surface area contributed by atoms with Crippen molar-refractivity contribution in [2.75, 3.05) is 25.1 Å². The number of rotatable bonds is 7. The molecule has 0 saturated carbocycles. The molecule has 4 rings (SSSR count). The molecule has 0 amide bonds. The summed E-state index contributed by atoms with van der Waals surface area (Å²) in [5.41, 5.74) is 1.89. The van der Waals surface area contributed by atoms with Crippen LogP contribution in [0.5, 0.6) is 0 Å². The monoisotopic (exact) mass is 474 g/mol. The van der Waals surface area contributed by atoms with Crippen LogP contribution >= 0.6 is 23.2 Å². The first-order valence-corrected chi connectivity index (χ1v) is 11.3. The predicted molar refractivity (Wildman–Crippen MR) is 125 cm³/mol. The van der Waals surface area contributed by atoms with Crippen molar-refractivity contribution in [1.29, 1.82) is 0 Å². The highest BCUT2D eigenvalue weighted by Gasteiger charge is 2.18. The van der Waals surface area contributed by atoms with E-state index >= 15 is 0 Å². The van der Waals surface area contributed by atoms with Crippen molar-refractivity contribution in [3.63, 3.8) is 0 Å². The van der Waals surface area contributed by atoms with Gasteiger partial charge in [-0.25, -0.2) is 9.97 Å². The maximum atomic E-state index is 13.0. The Labute approximate surface area is 196 Å². The normalized spacial score (nSPS) is 15.5. The van der Waals surface area contributed by atoms with E-state index in [1.54, 1.807) is 41.2 Å². The van der Waals surface area contributed by atoms with Crippen molar-refractivity contribution >= 4 is 29.2 Å². The Balaban J connectivity index is 1.61. The second kappa shape index (κ2) is 10.4. The minimum Gasteiger partial charge on any atom is -0.396 e. The number of ether oxygens (including phenoxy) is 1. The van der Waals surface area contributed by atoms with E-state index in [-0.39, 0.29) is 18.2 Å². The van der Waals surface area contributed by atoms with Crippen LogP contribution in [-0.4, -0.2) is 45.5 Å². The fourth-order valence-corrected chi connectivity index (χ4v) is 4.42. The van der Waals surface area contributed by atoms with Gasteiger partial charge in [-0.2, -0.15) is 0 Å². The Morgan fingerprint density at radius 1 is 1.16 bits per heavy atom. The highest BCUT2D eigenvalue weighted by atomic mass is 35.5. The second-order valence-electron chi connectivity index (χ2n) is 7.69. The molecule has 2 aromatic heterocycles. The Kier molecular flexibility index (Phi) is 7.42. The van der Waals surface area contributed by atoms with Crippen LogP contribution in [0.25, 0.3) is 11.3 Å². The fourth-order valence-electron chi connectivity index (χ4n) is 3.88. The van der Waals surface area contributed by atoms with Crippen molar-refractivity contribution in [3.8, 4) is 11.3 Å². The number of aliphatic hydroxyl groups excluding tert-OH is 1. The van der Waals surface area contributed by atoms with Gasteiger partial charge in [-0.3, -0.25) is 4.79 Å². The predicted octanol–water partition coefficient (Wildman–Crippen LogP) is 4.17. The van der Waals surface area contributed by atoms with Gasteiger partial charge in [0.05, 0.1) is 11.7 Å². The maximum Gasteiger partial charge on any atom is 0.251 e. The lowest BCUT2D eigenvalue weighted by Crippen LogP contribution is -2.28. The smallest absolute Gasteiger partial charge is 0.251 e. The standard InChI is InChI=1S/C23H24Cl2N4O3/c24-17-11-16(12-18(25)14-17)21(3-8-30)29-7-2-15(13-22(29)31)20-1-6-26-23(28-20)27-19-4-9-32-10-5-19/h1-2,6-7,11-14,19,21,30H,3-5,8-10H2,(H,26,27,28)/t21-/m1/s1. The van der Waals surface area contributed by atoms with Crippen molar-refractivity contribution < 1.29 is 9.84 Å². The average molecular weight is 475 g/mol. The van der Waals surface area contributed by atoms with Gasteiger partial charge >= 0.3 is 0 Å². The van der Waals surface area contributed by atoms with E-state index in [2.05, 4.69) is 15.3 Å². The van der Waals surface area contributed by atoms with Gasteiger partial charge in [-0.1, -0.05) is 23.2 Å². The summed E-state index contributed by atoms with van der Waals surface area (Å²) in [6.07, 6.45) is 5.55. The summed E-state index contributed by atoms with van der Waals surface area (Å²) in [7, 11) is 0. The number of aromatic nitrogens is 3. The number of nitrogens with zero attached hydrogens (tertiary/aromatic N) is 3. The summed E-state index contributed by atoms with van der Waals surface area (Å²) < 4.78 is 6.96. The van der Waals surface area contributed by atoms with Gasteiger partial charge in [0, 0.05) is 59.9 Å². The Morgan fingerprint density at radius 3 is 2.59 bits per heavy atom. The summed E-state index contributed by atoms with van der Waals surface area (Å²) >= 11 is 12.3. The minimum absolute atomic E-state index is 0.0872. The molecule has 3 heterocycles. The lowest BCUT2D eigenvalue weighted by Gasteiger charge is -2.23. The summed E-state index contributed by atoms with van der Waals surface area (Å²) in [4.78, 5) is 21.9. The van der Waals surface area contributed by atoms with E-state index in [1.807, 2.05) is 6.07 Å². The molecule has 0 spiro atoms. The largest absolute Gasteiger partial charge is 0.396 e. The van der Waals surface area contributed by atoms with E-state index < -0.39 is 6.04 Å². The lowest BCUT2D eigenvalue weighted by molar-refractivity contribution is 0.0903. The number of aliphatic hydroxyl groups is 1. The zero-order valence-electron chi connectivity index (χ0n) is 17.4. The molecule has 1 saturated heterocycles. The van der Waals surface area contributed by atoms with Crippen LogP contribution < -0.4 is 10.9 Å². The Bertz CT molecular complexity index is 1110. The van der Waals surface area contributed by atoms with Gasteiger partial charge in [0.15, 0.2) is 0 Å². The molecule has 1 aliphatic heterocycles. The molecule has 0 unspecified atom stereocenters. The number of anilines is 1. The average Bonchev–Trinajstić information content (AvgIpc) is 2.78. The minimum atomic E-state index is -0.395. The molecule has 7 nitrogen and oxygen atoms in total. The number of hydrogen-bond acceptors (Lipinski definition) is 6. The number of benzene rings is 1. The summed E-state index contributed by atoms with van der Waals surface area (Å²) in [6, 6.07) is 10.2. The molecule has 168 valence electrons.